The first-order valence-corrected chi connectivity index (χ1v) is 10.2. The topological polar surface area (TPSA) is 67.8 Å². The molecular formula is C23H15ClN2O3S. The zero-order valence-corrected chi connectivity index (χ0v) is 17.1. The molecule has 1 N–H and O–H groups in total. The summed E-state index contributed by atoms with van der Waals surface area (Å²) in [6.45, 7) is 0. The fraction of sp³-hybridized carbons (Fsp3) is 0. The highest BCUT2D eigenvalue weighted by atomic mass is 35.5. The van der Waals surface area contributed by atoms with Crippen molar-refractivity contribution < 1.29 is 14.3 Å². The summed E-state index contributed by atoms with van der Waals surface area (Å²) < 4.78 is 5.43. The second kappa shape index (κ2) is 8.98. The Morgan fingerprint density at radius 1 is 1.00 bits per heavy atom. The number of nitrogens with one attached hydrogen (secondary N) is 1. The molecule has 7 heteroatoms. The molecule has 1 fully saturated rings. The lowest BCUT2D eigenvalue weighted by Gasteiger charge is -2.05. The molecule has 0 saturated carbocycles. The van der Waals surface area contributed by atoms with Crippen LogP contribution in [0.4, 0.5) is 5.69 Å². The summed E-state index contributed by atoms with van der Waals surface area (Å²) in [5.41, 5.74) is 1.89. The SMILES string of the molecule is O=C1NC(=Nc2ccccc2)S/C1=C\c1cccc(OC(=O)c2ccc(Cl)cc2)c1. The van der Waals surface area contributed by atoms with Crippen LogP contribution in [0.2, 0.25) is 5.02 Å². The largest absolute Gasteiger partial charge is 0.423 e. The number of benzene rings is 3. The predicted octanol–water partition coefficient (Wildman–Crippen LogP) is 5.45. The van der Waals surface area contributed by atoms with Crippen LogP contribution >= 0.6 is 23.4 Å². The van der Waals surface area contributed by atoms with Gasteiger partial charge in [-0.1, -0.05) is 41.9 Å². The third kappa shape index (κ3) is 4.97. The van der Waals surface area contributed by atoms with Crippen LogP contribution in [0.5, 0.6) is 5.75 Å². The predicted molar refractivity (Wildman–Crippen MR) is 120 cm³/mol. The lowest BCUT2D eigenvalue weighted by atomic mass is 10.2. The van der Waals surface area contributed by atoms with Crippen LogP contribution in [-0.4, -0.2) is 17.0 Å². The number of carbonyl (C=O) groups is 2. The van der Waals surface area contributed by atoms with E-state index in [0.29, 0.717) is 26.4 Å². The second-order valence-electron chi connectivity index (χ2n) is 6.29. The number of hydrogen-bond acceptors (Lipinski definition) is 5. The summed E-state index contributed by atoms with van der Waals surface area (Å²) in [6, 6.07) is 22.8. The molecule has 1 heterocycles. The molecule has 1 aliphatic heterocycles. The van der Waals surface area contributed by atoms with Crippen molar-refractivity contribution in [3.63, 3.8) is 0 Å². The van der Waals surface area contributed by atoms with Crippen molar-refractivity contribution in [3.8, 4) is 5.75 Å². The number of carbonyl (C=O) groups excluding carboxylic acids is 2. The number of para-hydroxylation sites is 1. The van der Waals surface area contributed by atoms with Crippen molar-refractivity contribution in [1.82, 2.24) is 5.32 Å². The van der Waals surface area contributed by atoms with Crippen molar-refractivity contribution in [1.29, 1.82) is 0 Å². The number of nitrogens with zero attached hydrogens (tertiary/aromatic N) is 1. The van der Waals surface area contributed by atoms with Gasteiger partial charge in [0.1, 0.15) is 5.75 Å². The van der Waals surface area contributed by atoms with Gasteiger partial charge in [0, 0.05) is 5.02 Å². The summed E-state index contributed by atoms with van der Waals surface area (Å²) in [5.74, 6) is -0.328. The van der Waals surface area contributed by atoms with E-state index in [1.165, 1.54) is 11.8 Å². The monoisotopic (exact) mass is 434 g/mol. The van der Waals surface area contributed by atoms with Crippen LogP contribution in [-0.2, 0) is 4.79 Å². The zero-order chi connectivity index (χ0) is 20.9. The van der Waals surface area contributed by atoms with Gasteiger partial charge in [0.2, 0.25) is 0 Å². The van der Waals surface area contributed by atoms with Gasteiger partial charge >= 0.3 is 5.97 Å². The summed E-state index contributed by atoms with van der Waals surface area (Å²) in [7, 11) is 0. The Morgan fingerprint density at radius 3 is 2.53 bits per heavy atom. The minimum atomic E-state index is -0.485. The molecule has 4 rings (SSSR count). The number of amides is 1. The van der Waals surface area contributed by atoms with Gasteiger partial charge in [-0.2, -0.15) is 0 Å². The first-order chi connectivity index (χ1) is 14.6. The van der Waals surface area contributed by atoms with E-state index in [1.807, 2.05) is 36.4 Å². The molecule has 0 unspecified atom stereocenters. The van der Waals surface area contributed by atoms with Crippen molar-refractivity contribution in [2.45, 2.75) is 0 Å². The number of aliphatic imine (C=N–C) groups is 1. The van der Waals surface area contributed by atoms with Crippen molar-refractivity contribution >= 4 is 52.2 Å². The standard InChI is InChI=1S/C23H15ClN2O3S/c24-17-11-9-16(10-12-17)22(28)29-19-8-4-5-15(13-19)14-20-21(27)26-23(30-20)25-18-6-2-1-3-7-18/h1-14H,(H,25,26,27)/b20-14-. The lowest BCUT2D eigenvalue weighted by Crippen LogP contribution is -2.19. The van der Waals surface area contributed by atoms with E-state index in [-0.39, 0.29) is 5.91 Å². The second-order valence-corrected chi connectivity index (χ2v) is 7.75. The number of amidine groups is 1. The first kappa shape index (κ1) is 19.9. The van der Waals surface area contributed by atoms with Gasteiger partial charge in [-0.3, -0.25) is 4.79 Å². The first-order valence-electron chi connectivity index (χ1n) is 8.99. The molecule has 0 aliphatic carbocycles. The molecule has 0 atom stereocenters. The van der Waals surface area contributed by atoms with Gasteiger partial charge in [0.15, 0.2) is 5.17 Å². The average Bonchev–Trinajstić information content (AvgIpc) is 3.08. The Bertz CT molecular complexity index is 1160. The van der Waals surface area contributed by atoms with Crippen molar-refractivity contribution in [2.75, 3.05) is 0 Å². The number of rotatable bonds is 4. The normalized spacial score (nSPS) is 16.0. The maximum Gasteiger partial charge on any atom is 0.343 e. The van der Waals surface area contributed by atoms with E-state index >= 15 is 0 Å². The van der Waals surface area contributed by atoms with E-state index in [2.05, 4.69) is 10.3 Å². The molecule has 1 amide bonds. The van der Waals surface area contributed by atoms with E-state index in [0.717, 1.165) is 11.3 Å². The van der Waals surface area contributed by atoms with Crippen LogP contribution in [0.25, 0.3) is 6.08 Å². The molecule has 5 nitrogen and oxygen atoms in total. The van der Waals surface area contributed by atoms with Gasteiger partial charge < -0.3 is 10.1 Å². The fourth-order valence-corrected chi connectivity index (χ4v) is 3.64. The highest BCUT2D eigenvalue weighted by Crippen LogP contribution is 2.28. The molecule has 0 radical (unpaired) electrons. The number of hydrogen-bond donors (Lipinski definition) is 1. The molecule has 30 heavy (non-hydrogen) atoms. The third-order valence-electron chi connectivity index (χ3n) is 4.08. The average molecular weight is 435 g/mol. The van der Waals surface area contributed by atoms with E-state index < -0.39 is 5.97 Å². The number of thioether (sulfide) groups is 1. The molecule has 1 aliphatic rings. The molecule has 0 spiro atoms. The zero-order valence-electron chi connectivity index (χ0n) is 15.5. The lowest BCUT2D eigenvalue weighted by molar-refractivity contribution is -0.115. The Labute approximate surface area is 182 Å². The summed E-state index contributed by atoms with van der Waals surface area (Å²) in [4.78, 5) is 29.5. The molecule has 148 valence electrons. The summed E-state index contributed by atoms with van der Waals surface area (Å²) in [5, 5.41) is 3.82. The number of esters is 1. The van der Waals surface area contributed by atoms with Gasteiger partial charge in [-0.25, -0.2) is 9.79 Å². The van der Waals surface area contributed by atoms with Crippen LogP contribution in [0, 0.1) is 0 Å². The highest BCUT2D eigenvalue weighted by Gasteiger charge is 2.23. The maximum atomic E-state index is 12.3. The maximum absolute atomic E-state index is 12.3. The van der Waals surface area contributed by atoms with Gasteiger partial charge in [-0.05, 0) is 71.9 Å². The third-order valence-corrected chi connectivity index (χ3v) is 5.25. The molecule has 0 aromatic heterocycles. The minimum Gasteiger partial charge on any atom is -0.423 e. The van der Waals surface area contributed by atoms with Crippen LogP contribution in [0.3, 0.4) is 0 Å². The van der Waals surface area contributed by atoms with E-state index in [9.17, 15) is 9.59 Å². The van der Waals surface area contributed by atoms with Gasteiger partial charge in [0.05, 0.1) is 16.2 Å². The Kier molecular flexibility index (Phi) is 5.97. The number of halogens is 1. The van der Waals surface area contributed by atoms with Crippen LogP contribution in [0.15, 0.2) is 88.8 Å². The number of ether oxygens (including phenoxy) is 1. The van der Waals surface area contributed by atoms with Gasteiger partial charge in [0.25, 0.3) is 5.91 Å². The fourth-order valence-electron chi connectivity index (χ4n) is 2.67. The van der Waals surface area contributed by atoms with E-state index in [1.54, 1.807) is 48.5 Å². The minimum absolute atomic E-state index is 0.224. The smallest absolute Gasteiger partial charge is 0.343 e. The Morgan fingerprint density at radius 2 is 1.77 bits per heavy atom. The summed E-state index contributed by atoms with van der Waals surface area (Å²) >= 11 is 7.10. The van der Waals surface area contributed by atoms with E-state index in [4.69, 9.17) is 16.3 Å². The van der Waals surface area contributed by atoms with Crippen molar-refractivity contribution in [3.05, 3.63) is 99.9 Å². The quantitative estimate of drug-likeness (QED) is 0.337. The molecular weight excluding hydrogens is 420 g/mol. The Hall–Kier alpha value is -3.35. The summed E-state index contributed by atoms with van der Waals surface area (Å²) in [6.07, 6.45) is 1.73. The van der Waals surface area contributed by atoms with Crippen LogP contribution < -0.4 is 10.1 Å². The van der Waals surface area contributed by atoms with Crippen LogP contribution in [0.1, 0.15) is 15.9 Å². The Balaban J connectivity index is 1.49. The molecule has 3 aromatic rings. The van der Waals surface area contributed by atoms with Crippen molar-refractivity contribution in [2.24, 2.45) is 4.99 Å². The molecule has 3 aromatic carbocycles. The highest BCUT2D eigenvalue weighted by molar-refractivity contribution is 8.18. The molecule has 1 saturated heterocycles. The van der Waals surface area contributed by atoms with Gasteiger partial charge in [-0.15, -0.1) is 0 Å². The molecule has 0 bridgehead atoms.